The van der Waals surface area contributed by atoms with Crippen LogP contribution in [-0.2, 0) is 17.8 Å². The Morgan fingerprint density at radius 2 is 1.92 bits per heavy atom. The highest BCUT2D eigenvalue weighted by Gasteiger charge is 2.27. The highest BCUT2D eigenvalue weighted by molar-refractivity contribution is 5.72. The van der Waals surface area contributed by atoms with Crippen LogP contribution in [-0.4, -0.2) is 17.9 Å². The third kappa shape index (κ3) is 5.71. The number of hydrogen-bond donors (Lipinski definition) is 1. The Balaban J connectivity index is 1.28. The zero-order valence-corrected chi connectivity index (χ0v) is 22.1. The van der Waals surface area contributed by atoms with E-state index in [0.717, 1.165) is 49.7 Å². The zero-order chi connectivity index (χ0) is 26.4. The van der Waals surface area contributed by atoms with Crippen molar-refractivity contribution in [2.75, 3.05) is 6.54 Å². The molecular formula is C33H34N4O2. The Morgan fingerprint density at radius 3 is 2.77 bits per heavy atom. The topological polar surface area (TPSA) is 66.3 Å². The minimum atomic E-state index is -0.243. The van der Waals surface area contributed by atoms with Crippen molar-refractivity contribution < 1.29 is 9.53 Å². The molecule has 6 nitrogen and oxygen atoms in total. The van der Waals surface area contributed by atoms with E-state index < -0.39 is 0 Å². The molecule has 6 rings (SSSR count). The highest BCUT2D eigenvalue weighted by atomic mass is 16.5. The van der Waals surface area contributed by atoms with Crippen LogP contribution in [0.3, 0.4) is 0 Å². The molecule has 0 aromatic heterocycles. The van der Waals surface area contributed by atoms with E-state index in [-0.39, 0.29) is 6.17 Å². The van der Waals surface area contributed by atoms with Gasteiger partial charge in [-0.05, 0) is 89.3 Å². The van der Waals surface area contributed by atoms with E-state index >= 15 is 0 Å². The molecule has 1 aliphatic heterocycles. The summed E-state index contributed by atoms with van der Waals surface area (Å²) in [4.78, 5) is 10.8. The summed E-state index contributed by atoms with van der Waals surface area (Å²) in [5.74, 6) is 1.28. The molecule has 2 atom stereocenters. The fraction of sp³-hybridized carbons (Fsp3) is 0.303. The number of nitrogens with zero attached hydrogens (tertiary/aromatic N) is 3. The summed E-state index contributed by atoms with van der Waals surface area (Å²) in [5, 5.41) is 10.3. The normalized spacial score (nSPS) is 20.0. The molecular weight excluding hydrogens is 484 g/mol. The van der Waals surface area contributed by atoms with Crippen molar-refractivity contribution in [2.45, 2.75) is 57.2 Å². The monoisotopic (exact) mass is 518 g/mol. The second-order valence-corrected chi connectivity index (χ2v) is 10.4. The number of allylic oxidation sites excluding steroid dienone is 4. The summed E-state index contributed by atoms with van der Waals surface area (Å²) >= 11 is 0. The lowest BCUT2D eigenvalue weighted by molar-refractivity contribution is -0.108. The van der Waals surface area contributed by atoms with E-state index in [1.807, 2.05) is 18.2 Å². The highest BCUT2D eigenvalue weighted by Crippen LogP contribution is 2.42. The molecule has 1 N–H and O–H groups in total. The number of nitrogens with one attached hydrogen (secondary N) is 1. The predicted molar refractivity (Wildman–Crippen MR) is 153 cm³/mol. The number of aryl methyl sites for hydroxylation is 1. The quantitative estimate of drug-likeness (QED) is 0.303. The molecule has 2 unspecified atom stereocenters. The van der Waals surface area contributed by atoms with Gasteiger partial charge in [-0.1, -0.05) is 72.0 Å². The predicted octanol–water partition coefficient (Wildman–Crippen LogP) is 7.24. The van der Waals surface area contributed by atoms with Crippen molar-refractivity contribution in [1.29, 1.82) is 0 Å². The molecule has 6 heteroatoms. The number of hydrazine groups is 1. The number of aldehydes is 1. The smallest absolute Gasteiger partial charge is 0.166 e. The van der Waals surface area contributed by atoms with E-state index in [1.165, 1.54) is 33.4 Å². The average Bonchev–Trinajstić information content (AvgIpc) is 3.48. The molecule has 198 valence electrons. The van der Waals surface area contributed by atoms with Gasteiger partial charge in [0.2, 0.25) is 0 Å². The van der Waals surface area contributed by atoms with Gasteiger partial charge in [0.1, 0.15) is 18.6 Å². The molecule has 0 fully saturated rings. The molecule has 1 heterocycles. The maximum Gasteiger partial charge on any atom is 0.166 e. The standard InChI is InChI=1S/C33H34N4O2/c38-20-8-19-37-35-33(34-36-37)27-15-17-31(32(22-27)25-11-5-2-6-12-25)30-14-7-13-26-21-28(16-18-29(26)30)39-23-24-9-3-1-4-10-24/h1-5,9-11,15-18,20-22,30,33,35H,6-8,12-14,19,23H2. The van der Waals surface area contributed by atoms with Crippen LogP contribution >= 0.6 is 0 Å². The lowest BCUT2D eigenvalue weighted by Gasteiger charge is -2.29. The van der Waals surface area contributed by atoms with Crippen LogP contribution in [0.4, 0.5) is 0 Å². The Morgan fingerprint density at radius 1 is 1.03 bits per heavy atom. The third-order valence-corrected chi connectivity index (χ3v) is 7.81. The van der Waals surface area contributed by atoms with Crippen LogP contribution in [0.1, 0.15) is 77.6 Å². The van der Waals surface area contributed by atoms with Gasteiger partial charge in [0.05, 0.1) is 6.54 Å². The van der Waals surface area contributed by atoms with Crippen molar-refractivity contribution in [3.8, 4) is 5.75 Å². The van der Waals surface area contributed by atoms with Crippen LogP contribution in [0.2, 0.25) is 0 Å². The van der Waals surface area contributed by atoms with Crippen LogP contribution in [0.15, 0.2) is 95.3 Å². The van der Waals surface area contributed by atoms with E-state index in [9.17, 15) is 4.79 Å². The molecule has 0 saturated heterocycles. The van der Waals surface area contributed by atoms with Crippen LogP contribution in [0.25, 0.3) is 5.57 Å². The maximum atomic E-state index is 10.8. The van der Waals surface area contributed by atoms with Gasteiger partial charge in [-0.2, -0.15) is 5.43 Å². The molecule has 3 aromatic carbocycles. The Hall–Kier alpha value is -4.03. The molecule has 39 heavy (non-hydrogen) atoms. The molecule has 0 radical (unpaired) electrons. The van der Waals surface area contributed by atoms with Crippen LogP contribution < -0.4 is 10.2 Å². The van der Waals surface area contributed by atoms with Crippen molar-refractivity contribution in [3.63, 3.8) is 0 Å². The Labute approximate surface area is 230 Å². The fourth-order valence-corrected chi connectivity index (χ4v) is 5.83. The minimum absolute atomic E-state index is 0.243. The van der Waals surface area contributed by atoms with Crippen LogP contribution in [0.5, 0.6) is 5.75 Å². The van der Waals surface area contributed by atoms with Gasteiger partial charge in [-0.15, -0.1) is 5.11 Å². The van der Waals surface area contributed by atoms with Gasteiger partial charge in [-0.25, -0.2) is 5.12 Å². The van der Waals surface area contributed by atoms with Gasteiger partial charge in [0.25, 0.3) is 0 Å². The van der Waals surface area contributed by atoms with Crippen molar-refractivity contribution in [2.24, 2.45) is 10.3 Å². The van der Waals surface area contributed by atoms with Gasteiger partial charge < -0.3 is 9.53 Å². The van der Waals surface area contributed by atoms with E-state index in [0.29, 0.717) is 25.5 Å². The molecule has 3 aromatic rings. The summed E-state index contributed by atoms with van der Waals surface area (Å²) < 4.78 is 6.16. The largest absolute Gasteiger partial charge is 0.489 e. The summed E-state index contributed by atoms with van der Waals surface area (Å²) in [5.41, 5.74) is 12.4. The second kappa shape index (κ2) is 11.8. The SMILES string of the molecule is O=CCCN1N=NC(c2ccc(C3CCCc4cc(OCc5ccccc5)ccc43)c(C3=CC=CCC3)c2)N1. The van der Waals surface area contributed by atoms with Gasteiger partial charge in [0.15, 0.2) is 6.17 Å². The molecule has 0 spiro atoms. The van der Waals surface area contributed by atoms with E-state index in [4.69, 9.17) is 4.74 Å². The molecule has 0 bridgehead atoms. The first-order chi connectivity index (χ1) is 19.3. The number of rotatable bonds is 9. The molecule has 2 aliphatic carbocycles. The van der Waals surface area contributed by atoms with Crippen LogP contribution in [0, 0.1) is 0 Å². The van der Waals surface area contributed by atoms with Gasteiger partial charge in [0, 0.05) is 12.3 Å². The Kier molecular flexibility index (Phi) is 7.63. The third-order valence-electron chi connectivity index (χ3n) is 7.81. The minimum Gasteiger partial charge on any atom is -0.489 e. The summed E-state index contributed by atoms with van der Waals surface area (Å²) in [6.07, 6.45) is 13.2. The van der Waals surface area contributed by atoms with Gasteiger partial charge >= 0.3 is 0 Å². The number of carbonyl (C=O) groups excluding carboxylic acids is 1. The number of fused-ring (bicyclic) bond motifs is 1. The summed E-state index contributed by atoms with van der Waals surface area (Å²) in [6, 6.07) is 23.8. The first-order valence-corrected chi connectivity index (χ1v) is 14.0. The van der Waals surface area contributed by atoms with Crippen molar-refractivity contribution in [1.82, 2.24) is 10.5 Å². The van der Waals surface area contributed by atoms with E-state index in [1.54, 1.807) is 5.12 Å². The summed E-state index contributed by atoms with van der Waals surface area (Å²) in [7, 11) is 0. The summed E-state index contributed by atoms with van der Waals surface area (Å²) in [6.45, 7) is 1.09. The fourth-order valence-electron chi connectivity index (χ4n) is 5.83. The van der Waals surface area contributed by atoms with Crippen molar-refractivity contribution >= 4 is 11.9 Å². The maximum absolute atomic E-state index is 10.8. The lowest BCUT2D eigenvalue weighted by Crippen LogP contribution is -2.31. The number of benzene rings is 3. The second-order valence-electron chi connectivity index (χ2n) is 10.4. The van der Waals surface area contributed by atoms with Gasteiger partial charge in [-0.3, -0.25) is 0 Å². The van der Waals surface area contributed by atoms with Crippen molar-refractivity contribution in [3.05, 3.63) is 118 Å². The van der Waals surface area contributed by atoms with E-state index in [2.05, 4.69) is 82.5 Å². The first kappa shape index (κ1) is 25.3. The average molecular weight is 519 g/mol. The molecule has 0 amide bonds. The number of carbonyl (C=O) groups is 1. The lowest BCUT2D eigenvalue weighted by atomic mass is 9.75. The number of ether oxygens (including phenoxy) is 1. The Bertz CT molecular complexity index is 1410. The molecule has 3 aliphatic rings. The molecule has 0 saturated carbocycles. The number of hydrogen-bond acceptors (Lipinski definition) is 6. The first-order valence-electron chi connectivity index (χ1n) is 14.0. The zero-order valence-electron chi connectivity index (χ0n) is 22.1.